The molecule has 1 aliphatic heterocycles. The fourth-order valence-corrected chi connectivity index (χ4v) is 2.44. The summed E-state index contributed by atoms with van der Waals surface area (Å²) in [6, 6.07) is 6.90. The molecular formula is C15H22N2O3. The van der Waals surface area contributed by atoms with Gasteiger partial charge in [-0.05, 0) is 44.4 Å². The van der Waals surface area contributed by atoms with E-state index in [2.05, 4.69) is 5.32 Å². The Balaban J connectivity index is 1.97. The highest BCUT2D eigenvalue weighted by molar-refractivity contribution is 5.89. The monoisotopic (exact) mass is 278 g/mol. The Hall–Kier alpha value is -1.59. The van der Waals surface area contributed by atoms with Crippen LogP contribution in [0.15, 0.2) is 24.3 Å². The van der Waals surface area contributed by atoms with Crippen molar-refractivity contribution in [1.29, 1.82) is 0 Å². The average molecular weight is 278 g/mol. The van der Waals surface area contributed by atoms with Crippen LogP contribution in [0.1, 0.15) is 38.4 Å². The van der Waals surface area contributed by atoms with Gasteiger partial charge in [-0.3, -0.25) is 0 Å². The lowest BCUT2D eigenvalue weighted by Crippen LogP contribution is -2.49. The molecule has 2 atom stereocenters. The minimum atomic E-state index is -0.800. The number of benzene rings is 1. The van der Waals surface area contributed by atoms with E-state index in [1.54, 1.807) is 43.0 Å². The molecule has 0 aliphatic carbocycles. The summed E-state index contributed by atoms with van der Waals surface area (Å²) >= 11 is 0. The van der Waals surface area contributed by atoms with Crippen molar-refractivity contribution >= 4 is 11.7 Å². The normalized spacial score (nSPS) is 24.3. The summed E-state index contributed by atoms with van der Waals surface area (Å²) in [5, 5.41) is 22.3. The topological polar surface area (TPSA) is 72.8 Å². The van der Waals surface area contributed by atoms with Gasteiger partial charge < -0.3 is 20.4 Å². The first kappa shape index (κ1) is 14.8. The van der Waals surface area contributed by atoms with E-state index in [4.69, 9.17) is 0 Å². The average Bonchev–Trinajstić information content (AvgIpc) is 2.38. The first-order valence-corrected chi connectivity index (χ1v) is 6.94. The number of carbonyl (C=O) groups is 1. The van der Waals surface area contributed by atoms with Crippen molar-refractivity contribution in [3.05, 3.63) is 29.8 Å². The molecule has 5 heteroatoms. The van der Waals surface area contributed by atoms with Crippen molar-refractivity contribution in [2.45, 2.75) is 38.4 Å². The van der Waals surface area contributed by atoms with E-state index in [9.17, 15) is 15.0 Å². The van der Waals surface area contributed by atoms with E-state index in [1.165, 1.54) is 0 Å². The number of amides is 2. The third-order valence-electron chi connectivity index (χ3n) is 3.61. The fourth-order valence-electron chi connectivity index (χ4n) is 2.44. The molecule has 5 nitrogen and oxygen atoms in total. The smallest absolute Gasteiger partial charge is 0.321 e. The lowest BCUT2D eigenvalue weighted by atomic mass is 9.95. The van der Waals surface area contributed by atoms with E-state index in [-0.39, 0.29) is 6.03 Å². The van der Waals surface area contributed by atoms with Gasteiger partial charge >= 0.3 is 6.03 Å². The molecule has 1 aromatic rings. The van der Waals surface area contributed by atoms with Crippen LogP contribution in [0.2, 0.25) is 0 Å². The Kier molecular flexibility index (Phi) is 4.30. The number of anilines is 1. The molecule has 1 saturated heterocycles. The number of aliphatic hydroxyl groups excluding tert-OH is 1. The zero-order chi connectivity index (χ0) is 14.8. The number of nitrogens with zero attached hydrogens (tertiary/aromatic N) is 1. The van der Waals surface area contributed by atoms with E-state index in [0.717, 1.165) is 18.4 Å². The molecule has 0 saturated carbocycles. The summed E-state index contributed by atoms with van der Waals surface area (Å²) < 4.78 is 0. The number of hydrogen-bond acceptors (Lipinski definition) is 3. The molecule has 2 amide bonds. The van der Waals surface area contributed by atoms with Crippen LogP contribution < -0.4 is 5.32 Å². The Morgan fingerprint density at radius 1 is 1.40 bits per heavy atom. The van der Waals surface area contributed by atoms with Crippen molar-refractivity contribution in [2.75, 3.05) is 18.4 Å². The molecule has 0 radical (unpaired) electrons. The summed E-state index contributed by atoms with van der Waals surface area (Å²) in [6.07, 6.45) is 1.01. The Morgan fingerprint density at radius 3 is 2.60 bits per heavy atom. The van der Waals surface area contributed by atoms with Crippen LogP contribution in [0.5, 0.6) is 0 Å². The maximum Gasteiger partial charge on any atom is 0.321 e. The van der Waals surface area contributed by atoms with Gasteiger partial charge in [-0.1, -0.05) is 12.1 Å². The van der Waals surface area contributed by atoms with Gasteiger partial charge in [-0.2, -0.15) is 0 Å². The van der Waals surface area contributed by atoms with Crippen LogP contribution in [-0.2, 0) is 0 Å². The van der Waals surface area contributed by atoms with Crippen LogP contribution in [0.3, 0.4) is 0 Å². The molecule has 1 aliphatic rings. The van der Waals surface area contributed by atoms with Crippen molar-refractivity contribution in [2.24, 2.45) is 0 Å². The van der Waals surface area contributed by atoms with E-state index in [0.29, 0.717) is 18.8 Å². The maximum atomic E-state index is 12.1. The van der Waals surface area contributed by atoms with Gasteiger partial charge in [0.15, 0.2) is 0 Å². The van der Waals surface area contributed by atoms with Gasteiger partial charge in [-0.25, -0.2) is 4.79 Å². The molecule has 2 rings (SSSR count). The standard InChI is InChI=1S/C15H22N2O3/c1-11(18)12-4-6-13(7-5-12)16-14(19)17-9-3-8-15(2,20)10-17/h4-7,11,18,20H,3,8-10H2,1-2H3,(H,16,19). The summed E-state index contributed by atoms with van der Waals surface area (Å²) in [7, 11) is 0. The molecule has 3 N–H and O–H groups in total. The highest BCUT2D eigenvalue weighted by Gasteiger charge is 2.30. The molecule has 1 fully saturated rings. The number of carbonyl (C=O) groups excluding carboxylic acids is 1. The molecule has 1 aromatic carbocycles. The van der Waals surface area contributed by atoms with Crippen LogP contribution in [0.4, 0.5) is 10.5 Å². The maximum absolute atomic E-state index is 12.1. The lowest BCUT2D eigenvalue weighted by molar-refractivity contribution is -0.000635. The molecule has 0 bridgehead atoms. The summed E-state index contributed by atoms with van der Waals surface area (Å²) in [5.74, 6) is 0. The predicted molar refractivity (Wildman–Crippen MR) is 77.5 cm³/mol. The fraction of sp³-hybridized carbons (Fsp3) is 0.533. The van der Waals surface area contributed by atoms with Gasteiger partial charge in [0.1, 0.15) is 0 Å². The third kappa shape index (κ3) is 3.71. The summed E-state index contributed by atoms with van der Waals surface area (Å²) in [4.78, 5) is 13.8. The minimum Gasteiger partial charge on any atom is -0.389 e. The van der Waals surface area contributed by atoms with Crippen molar-refractivity contribution in [3.63, 3.8) is 0 Å². The van der Waals surface area contributed by atoms with Crippen LogP contribution >= 0.6 is 0 Å². The van der Waals surface area contributed by atoms with Crippen molar-refractivity contribution in [3.8, 4) is 0 Å². The number of piperidine rings is 1. The molecule has 2 unspecified atom stereocenters. The zero-order valence-corrected chi connectivity index (χ0v) is 12.0. The second-order valence-electron chi connectivity index (χ2n) is 5.75. The van der Waals surface area contributed by atoms with Gasteiger partial charge in [0, 0.05) is 12.2 Å². The van der Waals surface area contributed by atoms with E-state index < -0.39 is 11.7 Å². The second-order valence-corrected chi connectivity index (χ2v) is 5.75. The summed E-state index contributed by atoms with van der Waals surface area (Å²) in [6.45, 7) is 4.46. The van der Waals surface area contributed by atoms with E-state index >= 15 is 0 Å². The number of rotatable bonds is 2. The molecule has 110 valence electrons. The van der Waals surface area contributed by atoms with E-state index in [1.807, 2.05) is 0 Å². The largest absolute Gasteiger partial charge is 0.389 e. The third-order valence-corrected chi connectivity index (χ3v) is 3.61. The molecule has 0 spiro atoms. The number of β-amino-alcohol motifs (C(OH)–C–C–N with tert-alkyl or cyclic N) is 1. The highest BCUT2D eigenvalue weighted by atomic mass is 16.3. The minimum absolute atomic E-state index is 0.199. The zero-order valence-electron chi connectivity index (χ0n) is 12.0. The second kappa shape index (κ2) is 5.81. The lowest BCUT2D eigenvalue weighted by Gasteiger charge is -2.36. The Labute approximate surface area is 119 Å². The predicted octanol–water partition coefficient (Wildman–Crippen LogP) is 2.12. The summed E-state index contributed by atoms with van der Waals surface area (Å²) in [5.41, 5.74) is 0.694. The van der Waals surface area contributed by atoms with Crippen molar-refractivity contribution < 1.29 is 15.0 Å². The number of aliphatic hydroxyl groups is 2. The number of urea groups is 1. The van der Waals surface area contributed by atoms with Gasteiger partial charge in [0.05, 0.1) is 18.2 Å². The molecule has 1 heterocycles. The van der Waals surface area contributed by atoms with Gasteiger partial charge in [0.25, 0.3) is 0 Å². The molecular weight excluding hydrogens is 256 g/mol. The molecule has 0 aromatic heterocycles. The SMILES string of the molecule is CC(O)c1ccc(NC(=O)N2CCCC(C)(O)C2)cc1. The van der Waals surface area contributed by atoms with Crippen LogP contribution in [0.25, 0.3) is 0 Å². The Bertz CT molecular complexity index is 469. The number of hydrogen-bond donors (Lipinski definition) is 3. The number of likely N-dealkylation sites (tertiary alicyclic amines) is 1. The van der Waals surface area contributed by atoms with Crippen LogP contribution in [-0.4, -0.2) is 39.8 Å². The first-order chi connectivity index (χ1) is 9.37. The van der Waals surface area contributed by atoms with Crippen LogP contribution in [0, 0.1) is 0 Å². The Morgan fingerprint density at radius 2 is 2.05 bits per heavy atom. The quantitative estimate of drug-likeness (QED) is 0.776. The van der Waals surface area contributed by atoms with Gasteiger partial charge in [-0.15, -0.1) is 0 Å². The molecule has 20 heavy (non-hydrogen) atoms. The van der Waals surface area contributed by atoms with Crippen molar-refractivity contribution in [1.82, 2.24) is 4.90 Å². The highest BCUT2D eigenvalue weighted by Crippen LogP contribution is 2.21. The van der Waals surface area contributed by atoms with Gasteiger partial charge in [0.2, 0.25) is 0 Å². The number of nitrogens with one attached hydrogen (secondary N) is 1. The first-order valence-electron chi connectivity index (χ1n) is 6.94.